The van der Waals surface area contributed by atoms with Crippen molar-refractivity contribution in [3.8, 4) is 11.6 Å². The van der Waals surface area contributed by atoms with Crippen molar-refractivity contribution >= 4 is 34.9 Å². The van der Waals surface area contributed by atoms with Gasteiger partial charge >= 0.3 is 6.61 Å². The standard InChI is InChI=1S/C22H15Cl2F2N5O/c1-12-18-19(14-6-2-3-7-16(14)32-22(25)26)30-11-13(23)10-15(24)20(30)28-21(18)31(29-12)17-8-4-5-9-27-17/h2-11,19,22H,1H3/t19-/m0/s1. The molecule has 162 valence electrons. The minimum Gasteiger partial charge on any atom is -0.434 e. The van der Waals surface area contributed by atoms with Gasteiger partial charge in [0.15, 0.2) is 17.5 Å². The van der Waals surface area contributed by atoms with Crippen molar-refractivity contribution in [2.45, 2.75) is 19.6 Å². The van der Waals surface area contributed by atoms with E-state index in [0.29, 0.717) is 44.4 Å². The Morgan fingerprint density at radius 1 is 1.09 bits per heavy atom. The molecular weight excluding hydrogens is 459 g/mol. The van der Waals surface area contributed by atoms with Gasteiger partial charge in [-0.2, -0.15) is 18.6 Å². The van der Waals surface area contributed by atoms with Crippen molar-refractivity contribution < 1.29 is 13.5 Å². The SMILES string of the molecule is Cc1nn(-c2ccccn2)c2c1[C@H](c1ccccc1OC(F)F)N1C=C(Cl)C=C(Cl)C1=N2. The molecule has 0 aliphatic carbocycles. The highest BCUT2D eigenvalue weighted by Gasteiger charge is 2.39. The van der Waals surface area contributed by atoms with Gasteiger partial charge < -0.3 is 9.64 Å². The number of benzene rings is 1. The molecule has 0 N–H and O–H groups in total. The molecule has 0 bridgehead atoms. The third-order valence-corrected chi connectivity index (χ3v) is 5.61. The number of aromatic nitrogens is 3. The number of aliphatic imine (C=N–C) groups is 1. The molecule has 4 heterocycles. The van der Waals surface area contributed by atoms with Crippen molar-refractivity contribution in [2.24, 2.45) is 4.99 Å². The molecule has 10 heteroatoms. The molecule has 0 saturated heterocycles. The van der Waals surface area contributed by atoms with E-state index >= 15 is 0 Å². The van der Waals surface area contributed by atoms with E-state index in [2.05, 4.69) is 10.1 Å². The lowest BCUT2D eigenvalue weighted by atomic mass is 9.94. The molecule has 0 amide bonds. The minimum absolute atomic E-state index is 0.0416. The average molecular weight is 474 g/mol. The molecule has 0 spiro atoms. The fraction of sp³-hybridized carbons (Fsp3) is 0.136. The maximum absolute atomic E-state index is 13.2. The second-order valence-electron chi connectivity index (χ2n) is 7.09. The summed E-state index contributed by atoms with van der Waals surface area (Å²) >= 11 is 12.8. The normalized spacial score (nSPS) is 17.4. The molecule has 5 rings (SSSR count). The van der Waals surface area contributed by atoms with Crippen LogP contribution in [-0.4, -0.2) is 32.1 Å². The Morgan fingerprint density at radius 3 is 2.62 bits per heavy atom. The van der Waals surface area contributed by atoms with E-state index < -0.39 is 12.7 Å². The molecule has 0 unspecified atom stereocenters. The number of fused-ring (bicyclic) bond motifs is 2. The number of alkyl halides is 2. The Kier molecular flexibility index (Phi) is 5.19. The first-order valence-electron chi connectivity index (χ1n) is 9.60. The molecule has 2 aliphatic heterocycles. The Balaban J connectivity index is 1.78. The van der Waals surface area contributed by atoms with Crippen LogP contribution in [0.1, 0.15) is 22.9 Å². The van der Waals surface area contributed by atoms with Crippen LogP contribution in [0.3, 0.4) is 0 Å². The highest BCUT2D eigenvalue weighted by Crippen LogP contribution is 2.47. The molecular formula is C22H15Cl2F2N5O. The van der Waals surface area contributed by atoms with Gasteiger partial charge in [-0.25, -0.2) is 9.98 Å². The van der Waals surface area contributed by atoms with E-state index in [1.165, 1.54) is 6.07 Å². The number of halogens is 4. The number of nitrogens with zero attached hydrogens (tertiary/aromatic N) is 5. The monoisotopic (exact) mass is 473 g/mol. The van der Waals surface area contributed by atoms with Crippen molar-refractivity contribution in [2.75, 3.05) is 0 Å². The van der Waals surface area contributed by atoms with E-state index in [0.717, 1.165) is 0 Å². The molecule has 2 aromatic heterocycles. The van der Waals surface area contributed by atoms with Gasteiger partial charge in [0.05, 0.1) is 21.8 Å². The lowest BCUT2D eigenvalue weighted by Gasteiger charge is -2.37. The summed E-state index contributed by atoms with van der Waals surface area (Å²) < 4.78 is 32.8. The number of allylic oxidation sites excluding steroid dienone is 2. The van der Waals surface area contributed by atoms with E-state index in [9.17, 15) is 8.78 Å². The summed E-state index contributed by atoms with van der Waals surface area (Å²) in [4.78, 5) is 10.9. The first-order chi connectivity index (χ1) is 15.4. The Bertz CT molecular complexity index is 1290. The number of amidine groups is 1. The summed E-state index contributed by atoms with van der Waals surface area (Å²) in [5.41, 5.74) is 1.86. The Morgan fingerprint density at radius 2 is 1.88 bits per heavy atom. The number of pyridine rings is 1. The maximum atomic E-state index is 13.2. The van der Waals surface area contributed by atoms with Crippen molar-refractivity contribution in [3.05, 3.63) is 87.8 Å². The van der Waals surface area contributed by atoms with Crippen LogP contribution in [-0.2, 0) is 0 Å². The third kappa shape index (κ3) is 3.45. The maximum Gasteiger partial charge on any atom is 0.387 e. The van der Waals surface area contributed by atoms with Gasteiger partial charge in [0.2, 0.25) is 0 Å². The molecule has 2 aliphatic rings. The molecule has 6 nitrogen and oxygen atoms in total. The number of para-hydroxylation sites is 1. The summed E-state index contributed by atoms with van der Waals surface area (Å²) in [6.07, 6.45) is 4.90. The summed E-state index contributed by atoms with van der Waals surface area (Å²) in [5.74, 6) is 1.52. The first kappa shape index (κ1) is 20.7. The van der Waals surface area contributed by atoms with Crippen LogP contribution >= 0.6 is 23.2 Å². The molecule has 1 aromatic carbocycles. The van der Waals surface area contributed by atoms with Crippen LogP contribution in [0.15, 0.2) is 76.0 Å². The topological polar surface area (TPSA) is 55.5 Å². The Labute approximate surface area is 192 Å². The zero-order valence-electron chi connectivity index (χ0n) is 16.6. The minimum atomic E-state index is -2.98. The zero-order chi connectivity index (χ0) is 22.4. The fourth-order valence-corrected chi connectivity index (χ4v) is 4.42. The van der Waals surface area contributed by atoms with Crippen molar-refractivity contribution in [1.82, 2.24) is 19.7 Å². The molecule has 1 atom stereocenters. The lowest BCUT2D eigenvalue weighted by molar-refractivity contribution is -0.0507. The fourth-order valence-electron chi connectivity index (χ4n) is 3.90. The summed E-state index contributed by atoms with van der Waals surface area (Å²) in [6.45, 7) is -1.15. The van der Waals surface area contributed by atoms with Gasteiger partial charge in [-0.3, -0.25) is 0 Å². The molecule has 0 radical (unpaired) electrons. The van der Waals surface area contributed by atoms with Gasteiger partial charge in [-0.1, -0.05) is 47.5 Å². The van der Waals surface area contributed by atoms with Crippen molar-refractivity contribution in [3.63, 3.8) is 0 Å². The number of hydrogen-bond acceptors (Lipinski definition) is 5. The molecule has 32 heavy (non-hydrogen) atoms. The predicted octanol–water partition coefficient (Wildman–Crippen LogP) is 5.83. The van der Waals surface area contributed by atoms with Gasteiger partial charge in [0, 0.05) is 23.5 Å². The third-order valence-electron chi connectivity index (χ3n) is 5.13. The molecule has 3 aromatic rings. The summed E-state index contributed by atoms with van der Waals surface area (Å²) in [7, 11) is 0. The number of rotatable bonds is 4. The van der Waals surface area contributed by atoms with Crippen LogP contribution in [0.5, 0.6) is 5.75 Å². The van der Waals surface area contributed by atoms with E-state index in [1.807, 2.05) is 13.0 Å². The van der Waals surface area contributed by atoms with Gasteiger partial charge in [-0.15, -0.1) is 0 Å². The van der Waals surface area contributed by atoms with Crippen molar-refractivity contribution in [1.29, 1.82) is 0 Å². The Hall–Kier alpha value is -3.23. The highest BCUT2D eigenvalue weighted by molar-refractivity contribution is 6.45. The smallest absolute Gasteiger partial charge is 0.387 e. The van der Waals surface area contributed by atoms with E-state index in [1.54, 1.807) is 58.4 Å². The van der Waals surface area contributed by atoms with Gasteiger partial charge in [0.25, 0.3) is 0 Å². The van der Waals surface area contributed by atoms with E-state index in [4.69, 9.17) is 32.9 Å². The van der Waals surface area contributed by atoms with Gasteiger partial charge in [0.1, 0.15) is 5.75 Å². The quantitative estimate of drug-likeness (QED) is 0.478. The van der Waals surface area contributed by atoms with Crippen LogP contribution in [0.4, 0.5) is 14.6 Å². The first-order valence-corrected chi connectivity index (χ1v) is 10.4. The van der Waals surface area contributed by atoms with E-state index in [-0.39, 0.29) is 5.75 Å². The highest BCUT2D eigenvalue weighted by atomic mass is 35.5. The van der Waals surface area contributed by atoms with Crippen LogP contribution in [0, 0.1) is 6.92 Å². The molecule has 0 saturated carbocycles. The average Bonchev–Trinajstić information content (AvgIpc) is 3.10. The second-order valence-corrected chi connectivity index (χ2v) is 7.93. The number of aryl methyl sites for hydroxylation is 1. The molecule has 0 fully saturated rings. The van der Waals surface area contributed by atoms with Crippen LogP contribution in [0.25, 0.3) is 5.82 Å². The largest absolute Gasteiger partial charge is 0.434 e. The lowest BCUT2D eigenvalue weighted by Crippen LogP contribution is -2.36. The number of hydrogen-bond donors (Lipinski definition) is 0. The second kappa shape index (κ2) is 8.03. The predicted molar refractivity (Wildman–Crippen MR) is 118 cm³/mol. The summed E-state index contributed by atoms with van der Waals surface area (Å²) in [5, 5.41) is 5.34. The van der Waals surface area contributed by atoms with Crippen LogP contribution < -0.4 is 4.74 Å². The van der Waals surface area contributed by atoms with Crippen LogP contribution in [0.2, 0.25) is 0 Å². The summed E-state index contributed by atoms with van der Waals surface area (Å²) in [6, 6.07) is 11.4. The zero-order valence-corrected chi connectivity index (χ0v) is 18.1. The van der Waals surface area contributed by atoms with Gasteiger partial charge in [-0.05, 0) is 31.2 Å². The number of ether oxygens (including phenoxy) is 1.